The standard InChI is InChI=1S/C25H23N3O2S/c1-17-8-3-4-11-21(17)18(2)27-25(30)22-12-5-6-13-23(22)31-16-24(29)28-20-10-7-9-19(14-20)15-26/h3-14,18H,16H2,1-2H3,(H,27,30)(H,28,29). The van der Waals surface area contributed by atoms with E-state index in [4.69, 9.17) is 5.26 Å². The van der Waals surface area contributed by atoms with Crippen LogP contribution in [0.25, 0.3) is 0 Å². The molecule has 3 rings (SSSR count). The number of aryl methyl sites for hydroxylation is 1. The summed E-state index contributed by atoms with van der Waals surface area (Å²) in [6.45, 7) is 3.98. The lowest BCUT2D eigenvalue weighted by atomic mass is 10.0. The molecular formula is C25H23N3O2S. The minimum Gasteiger partial charge on any atom is -0.345 e. The molecule has 6 heteroatoms. The van der Waals surface area contributed by atoms with Gasteiger partial charge in [-0.25, -0.2) is 0 Å². The zero-order valence-electron chi connectivity index (χ0n) is 17.4. The van der Waals surface area contributed by atoms with Gasteiger partial charge in [0.2, 0.25) is 5.91 Å². The number of benzene rings is 3. The second kappa shape index (κ2) is 10.5. The molecule has 3 aromatic carbocycles. The van der Waals surface area contributed by atoms with E-state index >= 15 is 0 Å². The van der Waals surface area contributed by atoms with E-state index in [-0.39, 0.29) is 23.6 Å². The molecule has 2 amide bonds. The predicted octanol–water partition coefficient (Wildman–Crippen LogP) is 5.09. The van der Waals surface area contributed by atoms with Crippen molar-refractivity contribution in [1.82, 2.24) is 5.32 Å². The molecule has 0 fully saturated rings. The fraction of sp³-hybridized carbons (Fsp3) is 0.160. The summed E-state index contributed by atoms with van der Waals surface area (Å²) in [4.78, 5) is 26.0. The Morgan fingerprint density at radius 3 is 2.55 bits per heavy atom. The van der Waals surface area contributed by atoms with E-state index in [2.05, 4.69) is 10.6 Å². The monoisotopic (exact) mass is 429 g/mol. The van der Waals surface area contributed by atoms with E-state index in [0.717, 1.165) is 16.0 Å². The molecular weight excluding hydrogens is 406 g/mol. The third-order valence-corrected chi connectivity index (χ3v) is 5.84. The highest BCUT2D eigenvalue weighted by Crippen LogP contribution is 2.24. The number of hydrogen-bond acceptors (Lipinski definition) is 4. The van der Waals surface area contributed by atoms with Crippen molar-refractivity contribution >= 4 is 29.3 Å². The van der Waals surface area contributed by atoms with Crippen LogP contribution in [0.3, 0.4) is 0 Å². The molecule has 0 aliphatic heterocycles. The molecule has 0 saturated heterocycles. The number of amides is 2. The highest BCUT2D eigenvalue weighted by molar-refractivity contribution is 8.00. The number of anilines is 1. The summed E-state index contributed by atoms with van der Waals surface area (Å²) in [5.41, 5.74) is 3.78. The Labute approximate surface area is 186 Å². The Balaban J connectivity index is 1.64. The molecule has 0 aliphatic rings. The highest BCUT2D eigenvalue weighted by atomic mass is 32.2. The maximum atomic E-state index is 12.9. The minimum atomic E-state index is -0.205. The van der Waals surface area contributed by atoms with Crippen molar-refractivity contribution in [2.24, 2.45) is 0 Å². The number of nitrogens with zero attached hydrogens (tertiary/aromatic N) is 1. The van der Waals surface area contributed by atoms with Crippen LogP contribution in [-0.2, 0) is 4.79 Å². The van der Waals surface area contributed by atoms with Crippen molar-refractivity contribution in [3.8, 4) is 6.07 Å². The average Bonchev–Trinajstić information content (AvgIpc) is 2.78. The number of hydrogen-bond donors (Lipinski definition) is 2. The molecule has 0 spiro atoms. The molecule has 0 heterocycles. The van der Waals surface area contributed by atoms with Crippen LogP contribution in [0.15, 0.2) is 77.7 Å². The molecule has 5 nitrogen and oxygen atoms in total. The van der Waals surface area contributed by atoms with Gasteiger partial charge in [-0.3, -0.25) is 9.59 Å². The van der Waals surface area contributed by atoms with Crippen molar-refractivity contribution in [2.45, 2.75) is 24.8 Å². The third-order valence-electron chi connectivity index (χ3n) is 4.77. The summed E-state index contributed by atoms with van der Waals surface area (Å²) in [5, 5.41) is 14.8. The van der Waals surface area contributed by atoms with Crippen LogP contribution < -0.4 is 10.6 Å². The fourth-order valence-electron chi connectivity index (χ4n) is 3.21. The number of nitriles is 1. The lowest BCUT2D eigenvalue weighted by molar-refractivity contribution is -0.113. The second-order valence-electron chi connectivity index (χ2n) is 7.08. The molecule has 1 atom stereocenters. The van der Waals surface area contributed by atoms with Crippen LogP contribution in [0, 0.1) is 18.3 Å². The molecule has 0 aromatic heterocycles. The van der Waals surface area contributed by atoms with Gasteiger partial charge in [0, 0.05) is 10.6 Å². The van der Waals surface area contributed by atoms with Gasteiger partial charge in [-0.15, -0.1) is 11.8 Å². The molecule has 31 heavy (non-hydrogen) atoms. The average molecular weight is 430 g/mol. The van der Waals surface area contributed by atoms with Crippen molar-refractivity contribution in [1.29, 1.82) is 5.26 Å². The van der Waals surface area contributed by atoms with E-state index in [1.54, 1.807) is 30.3 Å². The summed E-state index contributed by atoms with van der Waals surface area (Å²) in [6, 6.07) is 23.9. The summed E-state index contributed by atoms with van der Waals surface area (Å²) in [5.74, 6) is -0.237. The second-order valence-corrected chi connectivity index (χ2v) is 8.09. The first kappa shape index (κ1) is 22.1. The predicted molar refractivity (Wildman–Crippen MR) is 124 cm³/mol. The molecule has 0 radical (unpaired) electrons. The van der Waals surface area contributed by atoms with E-state index in [0.29, 0.717) is 16.8 Å². The van der Waals surface area contributed by atoms with Gasteiger partial charge in [-0.2, -0.15) is 5.26 Å². The van der Waals surface area contributed by atoms with Gasteiger partial charge in [0.1, 0.15) is 0 Å². The summed E-state index contributed by atoms with van der Waals surface area (Å²) < 4.78 is 0. The molecule has 3 aromatic rings. The summed E-state index contributed by atoms with van der Waals surface area (Å²) in [6.07, 6.45) is 0. The van der Waals surface area contributed by atoms with Crippen molar-refractivity contribution < 1.29 is 9.59 Å². The Hall–Kier alpha value is -3.56. The first-order valence-corrected chi connectivity index (χ1v) is 10.8. The zero-order valence-corrected chi connectivity index (χ0v) is 18.2. The van der Waals surface area contributed by atoms with Crippen LogP contribution in [0.2, 0.25) is 0 Å². The molecule has 1 unspecified atom stereocenters. The number of rotatable bonds is 7. The van der Waals surface area contributed by atoms with Crippen molar-refractivity contribution in [2.75, 3.05) is 11.1 Å². The van der Waals surface area contributed by atoms with Crippen LogP contribution >= 0.6 is 11.8 Å². The lowest BCUT2D eigenvalue weighted by Crippen LogP contribution is -2.27. The van der Waals surface area contributed by atoms with Gasteiger partial charge in [0.05, 0.1) is 29.0 Å². The van der Waals surface area contributed by atoms with Gasteiger partial charge >= 0.3 is 0 Å². The Bertz CT molecular complexity index is 1140. The molecule has 0 bridgehead atoms. The maximum Gasteiger partial charge on any atom is 0.252 e. The van der Waals surface area contributed by atoms with E-state index in [9.17, 15) is 9.59 Å². The largest absolute Gasteiger partial charge is 0.345 e. The van der Waals surface area contributed by atoms with Crippen molar-refractivity contribution in [3.63, 3.8) is 0 Å². The SMILES string of the molecule is Cc1ccccc1C(C)NC(=O)c1ccccc1SCC(=O)Nc1cccc(C#N)c1. The third kappa shape index (κ3) is 5.97. The Morgan fingerprint density at radius 1 is 1.03 bits per heavy atom. The van der Waals surface area contributed by atoms with Crippen LogP contribution in [0.5, 0.6) is 0 Å². The van der Waals surface area contributed by atoms with Gasteiger partial charge in [-0.1, -0.05) is 42.5 Å². The molecule has 2 N–H and O–H groups in total. The smallest absolute Gasteiger partial charge is 0.252 e. The van der Waals surface area contributed by atoms with E-state index < -0.39 is 0 Å². The van der Waals surface area contributed by atoms with E-state index in [1.165, 1.54) is 11.8 Å². The zero-order chi connectivity index (χ0) is 22.2. The number of nitrogens with one attached hydrogen (secondary N) is 2. The topological polar surface area (TPSA) is 82.0 Å². The highest BCUT2D eigenvalue weighted by Gasteiger charge is 2.16. The number of thioether (sulfide) groups is 1. The molecule has 0 saturated carbocycles. The maximum absolute atomic E-state index is 12.9. The molecule has 0 aliphatic carbocycles. The summed E-state index contributed by atoms with van der Waals surface area (Å²) >= 11 is 1.30. The van der Waals surface area contributed by atoms with Gasteiger partial charge < -0.3 is 10.6 Å². The van der Waals surface area contributed by atoms with Gasteiger partial charge in [-0.05, 0) is 55.3 Å². The van der Waals surface area contributed by atoms with E-state index in [1.807, 2.05) is 62.4 Å². The minimum absolute atomic E-state index is 0.137. The first-order valence-electron chi connectivity index (χ1n) is 9.86. The Kier molecular flexibility index (Phi) is 7.47. The Morgan fingerprint density at radius 2 is 1.77 bits per heavy atom. The molecule has 156 valence electrons. The first-order chi connectivity index (χ1) is 15.0. The number of carbonyl (C=O) groups excluding carboxylic acids is 2. The lowest BCUT2D eigenvalue weighted by Gasteiger charge is -2.17. The van der Waals surface area contributed by atoms with Crippen LogP contribution in [0.4, 0.5) is 5.69 Å². The van der Waals surface area contributed by atoms with Gasteiger partial charge in [0.15, 0.2) is 0 Å². The van der Waals surface area contributed by atoms with Crippen LogP contribution in [-0.4, -0.2) is 17.6 Å². The number of carbonyl (C=O) groups is 2. The van der Waals surface area contributed by atoms with Crippen LogP contribution in [0.1, 0.15) is 40.0 Å². The normalized spacial score (nSPS) is 11.3. The van der Waals surface area contributed by atoms with Crippen molar-refractivity contribution in [3.05, 3.63) is 95.1 Å². The van der Waals surface area contributed by atoms with Gasteiger partial charge in [0.25, 0.3) is 5.91 Å². The quantitative estimate of drug-likeness (QED) is 0.513. The fourth-order valence-corrected chi connectivity index (χ4v) is 4.06. The summed E-state index contributed by atoms with van der Waals surface area (Å²) in [7, 11) is 0.